The fourth-order valence-electron chi connectivity index (χ4n) is 2.00. The summed E-state index contributed by atoms with van der Waals surface area (Å²) in [5.74, 6) is -6.61. The molecule has 4 nitrogen and oxygen atoms in total. The Labute approximate surface area is 132 Å². The van der Waals surface area contributed by atoms with Gasteiger partial charge < -0.3 is 14.9 Å². The molecule has 2 aromatic rings. The van der Waals surface area contributed by atoms with E-state index in [2.05, 4.69) is 0 Å². The first-order valence-corrected chi connectivity index (χ1v) is 7.07. The summed E-state index contributed by atoms with van der Waals surface area (Å²) >= 11 is 0. The average molecular weight is 322 g/mol. The number of phenols is 2. The van der Waals surface area contributed by atoms with E-state index in [1.165, 1.54) is 12.1 Å². The lowest BCUT2D eigenvalue weighted by atomic mass is 9.98. The van der Waals surface area contributed by atoms with Gasteiger partial charge in [0.2, 0.25) is 11.6 Å². The number of phenolic OH excluding ortho intramolecular Hbond substituents is 2. The first kappa shape index (κ1) is 16.7. The number of carbonyl (C=O) groups is 1. The Bertz CT molecular complexity index is 726. The van der Waals surface area contributed by atoms with Crippen molar-refractivity contribution < 1.29 is 28.5 Å². The molecule has 0 fully saturated rings. The van der Waals surface area contributed by atoms with Gasteiger partial charge in [0.1, 0.15) is 0 Å². The van der Waals surface area contributed by atoms with Crippen LogP contribution in [0, 0.1) is 11.6 Å². The number of halogens is 2. The van der Waals surface area contributed by atoms with Crippen LogP contribution in [-0.4, -0.2) is 16.2 Å². The van der Waals surface area contributed by atoms with Gasteiger partial charge in [0, 0.05) is 6.07 Å². The van der Waals surface area contributed by atoms with Gasteiger partial charge in [0.25, 0.3) is 0 Å². The third kappa shape index (κ3) is 3.41. The van der Waals surface area contributed by atoms with Gasteiger partial charge in [-0.25, -0.2) is 9.18 Å². The van der Waals surface area contributed by atoms with Crippen LogP contribution in [0.1, 0.15) is 42.1 Å². The second kappa shape index (κ2) is 6.64. The maximum absolute atomic E-state index is 13.7. The molecule has 2 aromatic carbocycles. The van der Waals surface area contributed by atoms with E-state index in [1.807, 2.05) is 13.8 Å². The zero-order valence-electron chi connectivity index (χ0n) is 12.6. The van der Waals surface area contributed by atoms with Gasteiger partial charge in [-0.3, -0.25) is 0 Å². The molecule has 23 heavy (non-hydrogen) atoms. The van der Waals surface area contributed by atoms with Crippen molar-refractivity contribution in [2.75, 3.05) is 0 Å². The molecule has 1 atom stereocenters. The van der Waals surface area contributed by atoms with Gasteiger partial charge in [-0.05, 0) is 30.0 Å². The van der Waals surface area contributed by atoms with Crippen LogP contribution in [0.4, 0.5) is 8.78 Å². The van der Waals surface area contributed by atoms with Crippen molar-refractivity contribution in [2.45, 2.75) is 26.2 Å². The predicted octanol–water partition coefficient (Wildman–Crippen LogP) is 4.11. The minimum absolute atomic E-state index is 0.157. The molecule has 1 unspecified atom stereocenters. The Morgan fingerprint density at radius 3 is 2.35 bits per heavy atom. The van der Waals surface area contributed by atoms with Gasteiger partial charge in [-0.15, -0.1) is 0 Å². The summed E-state index contributed by atoms with van der Waals surface area (Å²) in [5.41, 5.74) is 1.20. The van der Waals surface area contributed by atoms with Crippen LogP contribution >= 0.6 is 0 Å². The normalized spacial score (nSPS) is 12.0. The Balaban J connectivity index is 2.23. The summed E-state index contributed by atoms with van der Waals surface area (Å²) in [6.45, 7) is 4.09. The predicted molar refractivity (Wildman–Crippen MR) is 79.8 cm³/mol. The maximum Gasteiger partial charge on any atom is 0.343 e. The molecule has 2 rings (SSSR count). The molecule has 0 spiro atoms. The van der Waals surface area contributed by atoms with Crippen LogP contribution in [-0.2, 0) is 0 Å². The highest BCUT2D eigenvalue weighted by Gasteiger charge is 2.21. The van der Waals surface area contributed by atoms with Crippen molar-refractivity contribution in [3.63, 3.8) is 0 Å². The summed E-state index contributed by atoms with van der Waals surface area (Å²) in [4.78, 5) is 12.0. The van der Waals surface area contributed by atoms with E-state index in [-0.39, 0.29) is 5.56 Å². The van der Waals surface area contributed by atoms with Crippen LogP contribution < -0.4 is 4.74 Å². The zero-order valence-corrected chi connectivity index (χ0v) is 12.6. The Morgan fingerprint density at radius 1 is 1.17 bits per heavy atom. The van der Waals surface area contributed by atoms with Gasteiger partial charge in [0.15, 0.2) is 17.3 Å². The van der Waals surface area contributed by atoms with Gasteiger partial charge in [-0.1, -0.05) is 26.0 Å². The number of carbonyl (C=O) groups excluding carboxylic acids is 1. The second-order valence-electron chi connectivity index (χ2n) is 5.19. The highest BCUT2D eigenvalue weighted by atomic mass is 19.1. The summed E-state index contributed by atoms with van der Waals surface area (Å²) in [6, 6.07) is 7.07. The Kier molecular flexibility index (Phi) is 4.83. The number of hydrogen-bond donors (Lipinski definition) is 2. The minimum atomic E-state index is -1.41. The van der Waals surface area contributed by atoms with Crippen LogP contribution in [0.5, 0.6) is 17.2 Å². The number of ether oxygens (including phenoxy) is 1. The van der Waals surface area contributed by atoms with Crippen LogP contribution in [0.2, 0.25) is 0 Å². The smallest absolute Gasteiger partial charge is 0.343 e. The van der Waals surface area contributed by atoms with Crippen LogP contribution in [0.25, 0.3) is 0 Å². The lowest BCUT2D eigenvalue weighted by Crippen LogP contribution is -2.10. The number of hydrogen-bond acceptors (Lipinski definition) is 4. The number of rotatable bonds is 4. The highest BCUT2D eigenvalue weighted by Crippen LogP contribution is 2.36. The molecule has 0 saturated heterocycles. The van der Waals surface area contributed by atoms with Crippen LogP contribution in [0.15, 0.2) is 30.3 Å². The summed E-state index contributed by atoms with van der Waals surface area (Å²) in [5, 5.41) is 18.3. The van der Waals surface area contributed by atoms with Crippen molar-refractivity contribution in [1.29, 1.82) is 0 Å². The first-order chi connectivity index (χ1) is 10.8. The Hall–Kier alpha value is -2.63. The van der Waals surface area contributed by atoms with E-state index in [1.54, 1.807) is 12.1 Å². The molecule has 0 amide bonds. The minimum Gasteiger partial charge on any atom is -0.502 e. The highest BCUT2D eigenvalue weighted by molar-refractivity contribution is 5.91. The van der Waals surface area contributed by atoms with E-state index in [0.717, 1.165) is 12.0 Å². The van der Waals surface area contributed by atoms with Crippen molar-refractivity contribution in [3.05, 3.63) is 53.1 Å². The van der Waals surface area contributed by atoms with E-state index < -0.39 is 34.9 Å². The second-order valence-corrected chi connectivity index (χ2v) is 5.19. The molecule has 0 aliphatic heterocycles. The molecule has 0 saturated carbocycles. The molecule has 0 bridgehead atoms. The molecule has 0 aliphatic carbocycles. The fraction of sp³-hybridized carbons (Fsp3) is 0.235. The third-order valence-electron chi connectivity index (χ3n) is 3.66. The third-order valence-corrected chi connectivity index (χ3v) is 3.66. The van der Waals surface area contributed by atoms with Crippen LogP contribution in [0.3, 0.4) is 0 Å². The largest absolute Gasteiger partial charge is 0.502 e. The van der Waals surface area contributed by atoms with Crippen molar-refractivity contribution in [3.8, 4) is 17.2 Å². The number of aromatic hydroxyl groups is 2. The topological polar surface area (TPSA) is 66.8 Å². The van der Waals surface area contributed by atoms with Crippen molar-refractivity contribution in [2.24, 2.45) is 0 Å². The average Bonchev–Trinajstić information content (AvgIpc) is 2.57. The molecule has 0 aromatic heterocycles. The molecular weight excluding hydrogens is 306 g/mol. The molecular formula is C17H16F2O4. The monoisotopic (exact) mass is 322 g/mol. The van der Waals surface area contributed by atoms with Gasteiger partial charge in [0.05, 0.1) is 5.56 Å². The quantitative estimate of drug-likeness (QED) is 0.505. The zero-order chi connectivity index (χ0) is 17.1. The standard InChI is InChI=1S/C17H16F2O4/c1-3-9(2)10-4-6-11(7-5-10)17(22)23-13-8-12(18)15(20)16(21)14(13)19/h4-9,20-21H,3H2,1-2H3. The van der Waals surface area contributed by atoms with E-state index in [9.17, 15) is 18.7 Å². The van der Waals surface area contributed by atoms with Gasteiger partial charge in [-0.2, -0.15) is 4.39 Å². The first-order valence-electron chi connectivity index (χ1n) is 7.07. The summed E-state index contributed by atoms with van der Waals surface area (Å²) in [6.07, 6.45) is 0.946. The fourth-order valence-corrected chi connectivity index (χ4v) is 2.00. The molecule has 6 heteroatoms. The summed E-state index contributed by atoms with van der Waals surface area (Å²) in [7, 11) is 0. The van der Waals surface area contributed by atoms with Crippen molar-refractivity contribution in [1.82, 2.24) is 0 Å². The van der Waals surface area contributed by atoms with Gasteiger partial charge >= 0.3 is 5.97 Å². The molecule has 122 valence electrons. The van der Waals surface area contributed by atoms with E-state index in [0.29, 0.717) is 12.0 Å². The SMILES string of the molecule is CCC(C)c1ccc(C(=O)Oc2cc(F)c(O)c(O)c2F)cc1. The number of benzene rings is 2. The maximum atomic E-state index is 13.7. The molecule has 0 radical (unpaired) electrons. The molecule has 0 aliphatic rings. The van der Waals surface area contributed by atoms with E-state index >= 15 is 0 Å². The lowest BCUT2D eigenvalue weighted by Gasteiger charge is -2.10. The number of esters is 1. The molecule has 0 heterocycles. The van der Waals surface area contributed by atoms with E-state index in [4.69, 9.17) is 9.84 Å². The van der Waals surface area contributed by atoms with Crippen molar-refractivity contribution >= 4 is 5.97 Å². The Morgan fingerprint density at radius 2 is 1.78 bits per heavy atom. The molecule has 2 N–H and O–H groups in total. The summed E-state index contributed by atoms with van der Waals surface area (Å²) < 4.78 is 31.7. The lowest BCUT2D eigenvalue weighted by molar-refractivity contribution is 0.0726.